The SMILES string of the molecule is CC(C)(C)Oc1ccc(C(=O)N=c2nc3ccccc3c3n2CCN3)cc1. The average molecular weight is 362 g/mol. The molecule has 1 N–H and O–H groups in total. The van der Waals surface area contributed by atoms with Crippen molar-refractivity contribution in [3.8, 4) is 5.75 Å². The van der Waals surface area contributed by atoms with Gasteiger partial charge in [0.05, 0.1) is 5.52 Å². The third-order valence-electron chi connectivity index (χ3n) is 4.25. The van der Waals surface area contributed by atoms with Gasteiger partial charge < -0.3 is 10.1 Å². The van der Waals surface area contributed by atoms with Crippen molar-refractivity contribution in [3.63, 3.8) is 0 Å². The Balaban J connectivity index is 1.71. The Labute approximate surface area is 157 Å². The van der Waals surface area contributed by atoms with E-state index in [0.29, 0.717) is 11.2 Å². The number of amides is 1. The van der Waals surface area contributed by atoms with Crippen LogP contribution in [0.25, 0.3) is 10.9 Å². The first-order chi connectivity index (χ1) is 12.9. The third-order valence-corrected chi connectivity index (χ3v) is 4.25. The highest BCUT2D eigenvalue weighted by Gasteiger charge is 2.16. The van der Waals surface area contributed by atoms with Crippen LogP contribution in [0.15, 0.2) is 53.5 Å². The monoisotopic (exact) mass is 362 g/mol. The van der Waals surface area contributed by atoms with E-state index in [1.165, 1.54) is 0 Å². The van der Waals surface area contributed by atoms with Crippen molar-refractivity contribution in [1.82, 2.24) is 9.55 Å². The Hall–Kier alpha value is -3.15. The van der Waals surface area contributed by atoms with Crippen LogP contribution in [0.3, 0.4) is 0 Å². The number of nitrogens with one attached hydrogen (secondary N) is 1. The number of nitrogens with zero attached hydrogens (tertiary/aromatic N) is 3. The van der Waals surface area contributed by atoms with Gasteiger partial charge in [-0.05, 0) is 57.2 Å². The summed E-state index contributed by atoms with van der Waals surface area (Å²) in [6, 6.07) is 14.9. The first-order valence-electron chi connectivity index (χ1n) is 9.02. The predicted molar refractivity (Wildman–Crippen MR) is 105 cm³/mol. The summed E-state index contributed by atoms with van der Waals surface area (Å²) in [5.74, 6) is 1.37. The molecule has 6 heteroatoms. The highest BCUT2D eigenvalue weighted by Crippen LogP contribution is 2.22. The van der Waals surface area contributed by atoms with E-state index in [1.54, 1.807) is 24.3 Å². The summed E-state index contributed by atoms with van der Waals surface area (Å²) in [4.78, 5) is 21.5. The normalized spacial score (nSPS) is 14.1. The smallest absolute Gasteiger partial charge is 0.280 e. The summed E-state index contributed by atoms with van der Waals surface area (Å²) >= 11 is 0. The first-order valence-corrected chi connectivity index (χ1v) is 9.02. The van der Waals surface area contributed by atoms with E-state index in [0.717, 1.165) is 35.6 Å². The fourth-order valence-corrected chi connectivity index (χ4v) is 3.13. The molecule has 0 aliphatic carbocycles. The maximum Gasteiger partial charge on any atom is 0.280 e. The zero-order chi connectivity index (χ0) is 19.0. The minimum absolute atomic E-state index is 0.283. The molecule has 0 spiro atoms. The van der Waals surface area contributed by atoms with Gasteiger partial charge in [-0.25, -0.2) is 4.98 Å². The van der Waals surface area contributed by atoms with Crippen LogP contribution in [0, 0.1) is 0 Å². The van der Waals surface area contributed by atoms with Crippen LogP contribution in [0.5, 0.6) is 5.75 Å². The number of fused-ring (bicyclic) bond motifs is 3. The second-order valence-corrected chi connectivity index (χ2v) is 7.51. The summed E-state index contributed by atoms with van der Waals surface area (Å²) in [7, 11) is 0. The summed E-state index contributed by atoms with van der Waals surface area (Å²) in [5.41, 5.74) is 1.47. The molecule has 4 rings (SSSR count). The number of hydrogen-bond donors (Lipinski definition) is 1. The molecular formula is C21H22N4O2. The second-order valence-electron chi connectivity index (χ2n) is 7.51. The molecule has 1 aliphatic heterocycles. The topological polar surface area (TPSA) is 68.5 Å². The molecule has 6 nitrogen and oxygen atoms in total. The molecule has 0 bridgehead atoms. The van der Waals surface area contributed by atoms with Crippen LogP contribution in [0.1, 0.15) is 31.1 Å². The van der Waals surface area contributed by atoms with Gasteiger partial charge in [0.1, 0.15) is 17.2 Å². The van der Waals surface area contributed by atoms with Gasteiger partial charge in [0.15, 0.2) is 0 Å². The number of para-hydroxylation sites is 1. The van der Waals surface area contributed by atoms with E-state index in [1.807, 2.05) is 49.6 Å². The molecule has 1 aliphatic rings. The molecule has 1 aromatic heterocycles. The number of benzene rings is 2. The Morgan fingerprint density at radius 3 is 2.63 bits per heavy atom. The summed E-state index contributed by atoms with van der Waals surface area (Å²) in [6.07, 6.45) is 0. The highest BCUT2D eigenvalue weighted by atomic mass is 16.5. The van der Waals surface area contributed by atoms with Crippen LogP contribution in [0.4, 0.5) is 5.82 Å². The molecule has 2 heterocycles. The number of ether oxygens (including phenoxy) is 1. The van der Waals surface area contributed by atoms with Crippen molar-refractivity contribution in [1.29, 1.82) is 0 Å². The van der Waals surface area contributed by atoms with Gasteiger partial charge in [-0.3, -0.25) is 9.36 Å². The van der Waals surface area contributed by atoms with E-state index in [9.17, 15) is 4.79 Å². The number of carbonyl (C=O) groups is 1. The lowest BCUT2D eigenvalue weighted by atomic mass is 10.1. The zero-order valence-electron chi connectivity index (χ0n) is 15.7. The minimum Gasteiger partial charge on any atom is -0.488 e. The largest absolute Gasteiger partial charge is 0.488 e. The first kappa shape index (κ1) is 17.3. The van der Waals surface area contributed by atoms with Gasteiger partial charge in [0.25, 0.3) is 5.91 Å². The maximum absolute atomic E-state index is 12.7. The summed E-state index contributed by atoms with van der Waals surface area (Å²) in [5, 5.41) is 4.39. The number of aromatic nitrogens is 2. The van der Waals surface area contributed by atoms with Crippen molar-refractivity contribution >= 4 is 22.6 Å². The maximum atomic E-state index is 12.7. The Morgan fingerprint density at radius 1 is 1.15 bits per heavy atom. The lowest BCUT2D eigenvalue weighted by molar-refractivity contribution is 0.0996. The standard InChI is InChI=1S/C21H22N4O2/c1-21(2,3)27-15-10-8-14(9-11-15)19(26)24-20-23-17-7-5-4-6-16(17)18-22-12-13-25(18)20/h4-11,22H,12-13H2,1-3H3. The molecule has 0 fully saturated rings. The summed E-state index contributed by atoms with van der Waals surface area (Å²) < 4.78 is 7.75. The molecule has 0 unspecified atom stereocenters. The molecule has 27 heavy (non-hydrogen) atoms. The van der Waals surface area contributed by atoms with Gasteiger partial charge >= 0.3 is 0 Å². The van der Waals surface area contributed by atoms with Crippen molar-refractivity contribution in [3.05, 3.63) is 59.7 Å². The molecule has 138 valence electrons. The van der Waals surface area contributed by atoms with E-state index in [-0.39, 0.29) is 11.5 Å². The van der Waals surface area contributed by atoms with Gasteiger partial charge in [-0.15, -0.1) is 0 Å². The van der Waals surface area contributed by atoms with Crippen molar-refractivity contribution in [2.24, 2.45) is 4.99 Å². The van der Waals surface area contributed by atoms with E-state index in [4.69, 9.17) is 4.74 Å². The van der Waals surface area contributed by atoms with E-state index < -0.39 is 0 Å². The molecule has 1 amide bonds. The van der Waals surface area contributed by atoms with Crippen molar-refractivity contribution in [2.45, 2.75) is 32.9 Å². The molecule has 0 saturated heterocycles. The number of carbonyl (C=O) groups excluding carboxylic acids is 1. The lowest BCUT2D eigenvalue weighted by Crippen LogP contribution is -2.24. The quantitative estimate of drug-likeness (QED) is 0.759. The Kier molecular flexibility index (Phi) is 4.18. The molecule has 0 atom stereocenters. The molecular weight excluding hydrogens is 340 g/mol. The van der Waals surface area contributed by atoms with Crippen LogP contribution in [-0.2, 0) is 6.54 Å². The van der Waals surface area contributed by atoms with Gasteiger partial charge in [0.2, 0.25) is 5.62 Å². The fraction of sp³-hybridized carbons (Fsp3) is 0.286. The van der Waals surface area contributed by atoms with E-state index >= 15 is 0 Å². The Bertz CT molecular complexity index is 1080. The van der Waals surface area contributed by atoms with E-state index in [2.05, 4.69) is 15.3 Å². The number of anilines is 1. The number of rotatable bonds is 2. The van der Waals surface area contributed by atoms with Crippen LogP contribution >= 0.6 is 0 Å². The number of hydrogen-bond acceptors (Lipinski definition) is 4. The van der Waals surface area contributed by atoms with Crippen molar-refractivity contribution < 1.29 is 9.53 Å². The lowest BCUT2D eigenvalue weighted by Gasteiger charge is -2.21. The predicted octanol–water partition coefficient (Wildman–Crippen LogP) is 3.38. The fourth-order valence-electron chi connectivity index (χ4n) is 3.13. The van der Waals surface area contributed by atoms with Crippen LogP contribution in [-0.4, -0.2) is 27.6 Å². The minimum atomic E-state index is -0.318. The Morgan fingerprint density at radius 2 is 1.89 bits per heavy atom. The van der Waals surface area contributed by atoms with Gasteiger partial charge in [0, 0.05) is 24.0 Å². The highest BCUT2D eigenvalue weighted by molar-refractivity contribution is 5.95. The third kappa shape index (κ3) is 3.56. The van der Waals surface area contributed by atoms with Crippen LogP contribution < -0.4 is 15.7 Å². The van der Waals surface area contributed by atoms with Gasteiger partial charge in [-0.1, -0.05) is 12.1 Å². The second kappa shape index (κ2) is 6.54. The van der Waals surface area contributed by atoms with Crippen LogP contribution in [0.2, 0.25) is 0 Å². The summed E-state index contributed by atoms with van der Waals surface area (Å²) in [6.45, 7) is 7.48. The van der Waals surface area contributed by atoms with Gasteiger partial charge in [-0.2, -0.15) is 4.99 Å². The zero-order valence-corrected chi connectivity index (χ0v) is 15.7. The molecule has 3 aromatic rings. The molecule has 0 saturated carbocycles. The molecule has 0 radical (unpaired) electrons. The molecule has 2 aromatic carbocycles. The average Bonchev–Trinajstić information content (AvgIpc) is 3.11. The van der Waals surface area contributed by atoms with Crippen molar-refractivity contribution in [2.75, 3.05) is 11.9 Å².